The maximum absolute atomic E-state index is 12.5. The summed E-state index contributed by atoms with van der Waals surface area (Å²) in [6, 6.07) is 6.40. The van der Waals surface area contributed by atoms with E-state index in [2.05, 4.69) is 5.32 Å². The van der Waals surface area contributed by atoms with Crippen LogP contribution in [0.4, 0.5) is 0 Å². The van der Waals surface area contributed by atoms with Crippen molar-refractivity contribution >= 4 is 17.8 Å². The van der Waals surface area contributed by atoms with Crippen molar-refractivity contribution in [1.29, 1.82) is 0 Å². The molecule has 2 rings (SSSR count). The van der Waals surface area contributed by atoms with Gasteiger partial charge in [-0.15, -0.1) is 0 Å². The Labute approximate surface area is 161 Å². The van der Waals surface area contributed by atoms with Gasteiger partial charge >= 0.3 is 5.97 Å². The molecule has 1 fully saturated rings. The summed E-state index contributed by atoms with van der Waals surface area (Å²) in [7, 11) is 0. The first kappa shape index (κ1) is 20.9. The van der Waals surface area contributed by atoms with Gasteiger partial charge in [-0.25, -0.2) is 4.79 Å². The van der Waals surface area contributed by atoms with E-state index in [9.17, 15) is 14.4 Å². The number of ether oxygens (including phenoxy) is 1. The van der Waals surface area contributed by atoms with Crippen molar-refractivity contribution < 1.29 is 19.1 Å². The normalized spacial score (nSPS) is 15.8. The molecule has 1 atom stereocenters. The molecule has 1 aliphatic heterocycles. The molecule has 1 unspecified atom stereocenters. The summed E-state index contributed by atoms with van der Waals surface area (Å²) in [5.41, 5.74) is 1.36. The van der Waals surface area contributed by atoms with E-state index < -0.39 is 12.0 Å². The van der Waals surface area contributed by atoms with Crippen LogP contribution < -0.4 is 5.32 Å². The highest BCUT2D eigenvalue weighted by atomic mass is 16.5. The van der Waals surface area contributed by atoms with Gasteiger partial charge in [0, 0.05) is 18.7 Å². The van der Waals surface area contributed by atoms with Crippen LogP contribution >= 0.6 is 0 Å². The highest BCUT2D eigenvalue weighted by Gasteiger charge is 2.28. The molecule has 0 saturated carbocycles. The van der Waals surface area contributed by atoms with Gasteiger partial charge in [0.2, 0.25) is 0 Å². The van der Waals surface area contributed by atoms with Crippen LogP contribution in [-0.4, -0.2) is 48.4 Å². The van der Waals surface area contributed by atoms with Crippen LogP contribution in [0.15, 0.2) is 24.3 Å². The highest BCUT2D eigenvalue weighted by Crippen LogP contribution is 2.12. The van der Waals surface area contributed by atoms with E-state index in [1.165, 1.54) is 0 Å². The lowest BCUT2D eigenvalue weighted by molar-refractivity contribution is -0.154. The van der Waals surface area contributed by atoms with E-state index in [1.54, 1.807) is 17.0 Å². The van der Waals surface area contributed by atoms with E-state index >= 15 is 0 Å². The largest absolute Gasteiger partial charge is 0.454 e. The number of nitrogens with one attached hydrogen (secondary N) is 1. The summed E-state index contributed by atoms with van der Waals surface area (Å²) < 4.78 is 5.24. The molecule has 0 aromatic heterocycles. The zero-order valence-electron chi connectivity index (χ0n) is 16.5. The zero-order chi connectivity index (χ0) is 19.8. The van der Waals surface area contributed by atoms with Crippen LogP contribution in [-0.2, 0) is 14.3 Å². The lowest BCUT2D eigenvalue weighted by Crippen LogP contribution is -2.46. The minimum absolute atomic E-state index is 0.154. The quantitative estimate of drug-likeness (QED) is 0.777. The molecule has 1 aliphatic rings. The monoisotopic (exact) mass is 374 g/mol. The van der Waals surface area contributed by atoms with Crippen molar-refractivity contribution in [3.63, 3.8) is 0 Å². The smallest absolute Gasteiger partial charge is 0.329 e. The molecular weight excluding hydrogens is 344 g/mol. The third kappa shape index (κ3) is 6.08. The summed E-state index contributed by atoms with van der Waals surface area (Å²) in [5, 5.41) is 2.75. The second-order valence-electron chi connectivity index (χ2n) is 7.41. The van der Waals surface area contributed by atoms with Crippen molar-refractivity contribution in [2.75, 3.05) is 19.7 Å². The molecule has 0 aliphatic carbocycles. The highest BCUT2D eigenvalue weighted by molar-refractivity contribution is 5.98. The first-order valence-corrected chi connectivity index (χ1v) is 9.71. The van der Waals surface area contributed by atoms with E-state index in [0.29, 0.717) is 18.7 Å². The predicted octanol–water partition coefficient (Wildman–Crippen LogP) is 2.70. The van der Waals surface area contributed by atoms with Gasteiger partial charge in [-0.1, -0.05) is 44.9 Å². The fourth-order valence-electron chi connectivity index (χ4n) is 3.18. The summed E-state index contributed by atoms with van der Waals surface area (Å²) in [4.78, 5) is 39.1. The van der Waals surface area contributed by atoms with E-state index in [4.69, 9.17) is 4.74 Å². The lowest BCUT2D eigenvalue weighted by Gasteiger charge is -2.23. The molecule has 1 aromatic rings. The number of likely N-dealkylation sites (tertiary alicyclic amines) is 1. The molecule has 6 heteroatoms. The third-order valence-corrected chi connectivity index (χ3v) is 4.89. The Kier molecular flexibility index (Phi) is 7.82. The number of rotatable bonds is 6. The predicted molar refractivity (Wildman–Crippen MR) is 103 cm³/mol. The lowest BCUT2D eigenvalue weighted by atomic mass is 10.0. The molecule has 6 nitrogen and oxygen atoms in total. The average Bonchev–Trinajstić information content (AvgIpc) is 2.93. The van der Waals surface area contributed by atoms with Crippen molar-refractivity contribution in [3.05, 3.63) is 35.4 Å². The number of hydrogen-bond acceptors (Lipinski definition) is 4. The van der Waals surface area contributed by atoms with Crippen LogP contribution in [0.5, 0.6) is 0 Å². The van der Waals surface area contributed by atoms with Gasteiger partial charge in [-0.2, -0.15) is 0 Å². The summed E-state index contributed by atoms with van der Waals surface area (Å²) >= 11 is 0. The Morgan fingerprint density at radius 2 is 1.70 bits per heavy atom. The molecule has 1 saturated heterocycles. The number of amides is 2. The molecule has 0 spiro atoms. The van der Waals surface area contributed by atoms with Crippen LogP contribution in [0.25, 0.3) is 0 Å². The maximum Gasteiger partial charge on any atom is 0.329 e. The van der Waals surface area contributed by atoms with Crippen LogP contribution in [0.1, 0.15) is 55.5 Å². The van der Waals surface area contributed by atoms with Crippen LogP contribution in [0, 0.1) is 12.8 Å². The molecule has 1 aromatic carbocycles. The van der Waals surface area contributed by atoms with Gasteiger partial charge < -0.3 is 15.0 Å². The van der Waals surface area contributed by atoms with E-state index in [-0.39, 0.29) is 24.3 Å². The Morgan fingerprint density at radius 3 is 2.30 bits per heavy atom. The summed E-state index contributed by atoms with van der Waals surface area (Å²) in [6.45, 7) is 6.67. The van der Waals surface area contributed by atoms with E-state index in [0.717, 1.165) is 31.2 Å². The first-order chi connectivity index (χ1) is 12.9. The van der Waals surface area contributed by atoms with Crippen molar-refractivity contribution in [2.24, 2.45) is 5.92 Å². The summed E-state index contributed by atoms with van der Waals surface area (Å²) in [5.74, 6) is -1.21. The van der Waals surface area contributed by atoms with Gasteiger partial charge in [0.1, 0.15) is 6.04 Å². The molecule has 27 heavy (non-hydrogen) atoms. The number of benzene rings is 1. The minimum Gasteiger partial charge on any atom is -0.454 e. The second-order valence-corrected chi connectivity index (χ2v) is 7.41. The standard InChI is InChI=1S/C21H30N2O4/c1-15(2)19(22-20(25)17-11-7-6-10-16(17)3)21(26)27-14-18(24)23-12-8-4-5-9-13-23/h6-7,10-11,15,19H,4-5,8-9,12-14H2,1-3H3,(H,22,25). The number of nitrogens with zero attached hydrogens (tertiary/aromatic N) is 1. The minimum atomic E-state index is -0.797. The van der Waals surface area contributed by atoms with Crippen LogP contribution in [0.2, 0.25) is 0 Å². The second kappa shape index (κ2) is 10.1. The molecule has 0 radical (unpaired) electrons. The average molecular weight is 374 g/mol. The Balaban J connectivity index is 1.93. The zero-order valence-corrected chi connectivity index (χ0v) is 16.5. The van der Waals surface area contributed by atoms with Gasteiger partial charge in [0.05, 0.1) is 0 Å². The maximum atomic E-state index is 12.5. The van der Waals surface area contributed by atoms with Gasteiger partial charge in [-0.3, -0.25) is 9.59 Å². The fraction of sp³-hybridized carbons (Fsp3) is 0.571. The Bertz CT molecular complexity index is 664. The number of hydrogen-bond donors (Lipinski definition) is 1. The van der Waals surface area contributed by atoms with Crippen molar-refractivity contribution in [3.8, 4) is 0 Å². The molecule has 0 bridgehead atoms. The molecule has 2 amide bonds. The van der Waals surface area contributed by atoms with Crippen molar-refractivity contribution in [2.45, 2.75) is 52.5 Å². The molecule has 148 valence electrons. The van der Waals surface area contributed by atoms with Crippen molar-refractivity contribution in [1.82, 2.24) is 10.2 Å². The molecular formula is C21H30N2O4. The first-order valence-electron chi connectivity index (χ1n) is 9.71. The fourth-order valence-corrected chi connectivity index (χ4v) is 3.18. The molecule has 1 N–H and O–H groups in total. The Morgan fingerprint density at radius 1 is 1.07 bits per heavy atom. The summed E-state index contributed by atoms with van der Waals surface area (Å²) in [6.07, 6.45) is 4.23. The van der Waals surface area contributed by atoms with Gasteiger partial charge in [0.15, 0.2) is 6.61 Å². The number of esters is 1. The third-order valence-electron chi connectivity index (χ3n) is 4.89. The number of carbonyl (C=O) groups excluding carboxylic acids is 3. The topological polar surface area (TPSA) is 75.7 Å². The van der Waals surface area contributed by atoms with E-state index in [1.807, 2.05) is 32.9 Å². The number of aryl methyl sites for hydroxylation is 1. The SMILES string of the molecule is Cc1ccccc1C(=O)NC(C(=O)OCC(=O)N1CCCCCC1)C(C)C. The Hall–Kier alpha value is -2.37. The van der Waals surface area contributed by atoms with Crippen LogP contribution in [0.3, 0.4) is 0 Å². The van der Waals surface area contributed by atoms with Gasteiger partial charge in [-0.05, 0) is 37.3 Å². The molecule has 1 heterocycles. The van der Waals surface area contributed by atoms with Gasteiger partial charge in [0.25, 0.3) is 11.8 Å². The number of carbonyl (C=O) groups is 3.